The van der Waals surface area contributed by atoms with Crippen molar-refractivity contribution < 1.29 is 23.6 Å². The summed E-state index contributed by atoms with van der Waals surface area (Å²) >= 11 is 0. The number of amides is 1. The molecule has 1 fully saturated rings. The van der Waals surface area contributed by atoms with Crippen molar-refractivity contribution >= 4 is 17.7 Å². The van der Waals surface area contributed by atoms with Crippen LogP contribution in [0.25, 0.3) is 22.5 Å². The molecule has 1 atom stereocenters. The predicted octanol–water partition coefficient (Wildman–Crippen LogP) is 6.16. The van der Waals surface area contributed by atoms with Crippen LogP contribution in [0.5, 0.6) is 0 Å². The van der Waals surface area contributed by atoms with Gasteiger partial charge in [0.2, 0.25) is 0 Å². The third-order valence-corrected chi connectivity index (χ3v) is 7.05. The molecule has 1 heterocycles. The molecule has 39 heavy (non-hydrogen) atoms. The maximum atomic E-state index is 12.6. The lowest BCUT2D eigenvalue weighted by Crippen LogP contribution is -2.25. The Labute approximate surface area is 227 Å². The first kappa shape index (κ1) is 26.2. The lowest BCUT2D eigenvalue weighted by molar-refractivity contribution is -0.146. The fourth-order valence-electron chi connectivity index (χ4n) is 4.62. The molecule has 5 rings (SSSR count). The Hall–Kier alpha value is -4.43. The van der Waals surface area contributed by atoms with E-state index in [9.17, 15) is 9.59 Å². The zero-order valence-electron chi connectivity index (χ0n) is 22.0. The Kier molecular flexibility index (Phi) is 7.47. The SMILES string of the molecule is Cc1noc(-c2ccc(-c3ccc(C4(C(=O)OCCN)CC4)cc3)cc2)c1NC(=O)OC(C)c1ccccc1. The van der Waals surface area contributed by atoms with E-state index in [1.54, 1.807) is 6.92 Å². The fraction of sp³-hybridized carbons (Fsp3) is 0.258. The van der Waals surface area contributed by atoms with E-state index < -0.39 is 17.6 Å². The number of hydrogen-bond donors (Lipinski definition) is 2. The van der Waals surface area contributed by atoms with Gasteiger partial charge in [-0.05, 0) is 48.9 Å². The van der Waals surface area contributed by atoms with Crippen LogP contribution < -0.4 is 11.1 Å². The van der Waals surface area contributed by atoms with Gasteiger partial charge in [-0.1, -0.05) is 84.0 Å². The average Bonchev–Trinajstić information content (AvgIpc) is 3.71. The Morgan fingerprint density at radius 3 is 2.21 bits per heavy atom. The lowest BCUT2D eigenvalue weighted by Gasteiger charge is -2.15. The van der Waals surface area contributed by atoms with Gasteiger partial charge < -0.3 is 19.7 Å². The van der Waals surface area contributed by atoms with Crippen LogP contribution in [0.2, 0.25) is 0 Å². The Morgan fingerprint density at radius 1 is 0.974 bits per heavy atom. The number of aromatic nitrogens is 1. The van der Waals surface area contributed by atoms with Crippen LogP contribution in [0.15, 0.2) is 83.4 Å². The smallest absolute Gasteiger partial charge is 0.412 e. The molecule has 8 nitrogen and oxygen atoms in total. The molecule has 0 radical (unpaired) electrons. The number of hydrogen-bond acceptors (Lipinski definition) is 7. The van der Waals surface area contributed by atoms with Crippen LogP contribution in [0.1, 0.15) is 42.7 Å². The molecule has 8 heteroatoms. The molecule has 0 bridgehead atoms. The Balaban J connectivity index is 1.27. The van der Waals surface area contributed by atoms with Crippen LogP contribution in [0.3, 0.4) is 0 Å². The summed E-state index contributed by atoms with van der Waals surface area (Å²) in [4.78, 5) is 25.1. The van der Waals surface area contributed by atoms with Crippen molar-refractivity contribution in [2.45, 2.75) is 38.2 Å². The van der Waals surface area contributed by atoms with Crippen molar-refractivity contribution in [1.82, 2.24) is 5.16 Å². The number of ether oxygens (including phenoxy) is 2. The highest BCUT2D eigenvalue weighted by Crippen LogP contribution is 2.49. The maximum Gasteiger partial charge on any atom is 0.412 e. The fourth-order valence-corrected chi connectivity index (χ4v) is 4.62. The highest BCUT2D eigenvalue weighted by molar-refractivity contribution is 5.91. The minimum Gasteiger partial charge on any atom is -0.464 e. The van der Waals surface area contributed by atoms with E-state index in [1.165, 1.54) is 0 Å². The topological polar surface area (TPSA) is 117 Å². The lowest BCUT2D eigenvalue weighted by atomic mass is 9.93. The van der Waals surface area contributed by atoms with Crippen molar-refractivity contribution in [2.24, 2.45) is 5.73 Å². The molecule has 4 aromatic rings. The van der Waals surface area contributed by atoms with Crippen molar-refractivity contribution in [3.8, 4) is 22.5 Å². The summed E-state index contributed by atoms with van der Waals surface area (Å²) in [7, 11) is 0. The van der Waals surface area contributed by atoms with Crippen molar-refractivity contribution in [3.63, 3.8) is 0 Å². The van der Waals surface area contributed by atoms with Crippen LogP contribution in [0.4, 0.5) is 10.5 Å². The third kappa shape index (κ3) is 5.56. The number of benzene rings is 3. The van der Waals surface area contributed by atoms with Crippen LogP contribution in [0, 0.1) is 6.92 Å². The molecule has 0 aliphatic heterocycles. The average molecular weight is 526 g/mol. The Morgan fingerprint density at radius 2 is 1.59 bits per heavy atom. The second-order valence-corrected chi connectivity index (χ2v) is 9.72. The van der Waals surface area contributed by atoms with Gasteiger partial charge in [0.25, 0.3) is 0 Å². The van der Waals surface area contributed by atoms with Gasteiger partial charge in [-0.25, -0.2) is 4.79 Å². The van der Waals surface area contributed by atoms with Gasteiger partial charge in [0, 0.05) is 12.1 Å². The van der Waals surface area contributed by atoms with E-state index in [0.717, 1.165) is 40.7 Å². The predicted molar refractivity (Wildman–Crippen MR) is 148 cm³/mol. The maximum absolute atomic E-state index is 12.6. The van der Waals surface area contributed by atoms with Gasteiger partial charge in [0.15, 0.2) is 5.76 Å². The second kappa shape index (κ2) is 11.1. The van der Waals surface area contributed by atoms with Crippen LogP contribution >= 0.6 is 0 Å². The summed E-state index contributed by atoms with van der Waals surface area (Å²) in [6.45, 7) is 4.14. The van der Waals surface area contributed by atoms with Gasteiger partial charge in [-0.3, -0.25) is 10.1 Å². The second-order valence-electron chi connectivity index (χ2n) is 9.72. The van der Waals surface area contributed by atoms with Gasteiger partial charge in [-0.15, -0.1) is 0 Å². The number of nitrogens with one attached hydrogen (secondary N) is 1. The number of aryl methyl sites for hydroxylation is 1. The van der Waals surface area contributed by atoms with Crippen LogP contribution in [-0.4, -0.2) is 30.4 Å². The number of nitrogens with zero attached hydrogens (tertiary/aromatic N) is 1. The van der Waals surface area contributed by atoms with E-state index in [4.69, 9.17) is 19.7 Å². The van der Waals surface area contributed by atoms with E-state index >= 15 is 0 Å². The highest BCUT2D eigenvalue weighted by atomic mass is 16.6. The van der Waals surface area contributed by atoms with E-state index in [-0.39, 0.29) is 12.6 Å². The van der Waals surface area contributed by atoms with E-state index in [2.05, 4.69) is 10.5 Å². The third-order valence-electron chi connectivity index (χ3n) is 7.05. The number of nitrogens with two attached hydrogens (primary N) is 1. The minimum atomic E-state index is -0.587. The monoisotopic (exact) mass is 525 g/mol. The number of rotatable bonds is 9. The highest BCUT2D eigenvalue weighted by Gasteiger charge is 2.52. The van der Waals surface area contributed by atoms with Gasteiger partial charge in [-0.2, -0.15) is 0 Å². The van der Waals surface area contributed by atoms with Crippen molar-refractivity contribution in [2.75, 3.05) is 18.5 Å². The molecular formula is C31H31N3O5. The normalized spacial score (nSPS) is 14.3. The summed E-state index contributed by atoms with van der Waals surface area (Å²) in [5.74, 6) is 0.251. The first-order valence-corrected chi connectivity index (χ1v) is 13.0. The minimum absolute atomic E-state index is 0.199. The molecule has 0 spiro atoms. The molecular weight excluding hydrogens is 494 g/mol. The molecule has 1 aromatic heterocycles. The summed E-state index contributed by atoms with van der Waals surface area (Å²) < 4.78 is 16.4. The molecule has 1 unspecified atom stereocenters. The molecule has 3 aromatic carbocycles. The molecule has 200 valence electrons. The first-order chi connectivity index (χ1) is 18.9. The Bertz CT molecular complexity index is 1440. The summed E-state index contributed by atoms with van der Waals surface area (Å²) in [6, 6.07) is 25.3. The van der Waals surface area contributed by atoms with Crippen molar-refractivity contribution in [3.05, 3.63) is 95.7 Å². The first-order valence-electron chi connectivity index (χ1n) is 13.0. The largest absolute Gasteiger partial charge is 0.464 e. The van der Waals surface area contributed by atoms with Gasteiger partial charge in [0.1, 0.15) is 24.1 Å². The summed E-state index contributed by atoms with van der Waals surface area (Å²) in [5.41, 5.74) is 10.6. The zero-order chi connectivity index (χ0) is 27.4. The van der Waals surface area contributed by atoms with E-state index in [0.29, 0.717) is 23.7 Å². The quantitative estimate of drug-likeness (QED) is 0.251. The summed E-state index contributed by atoms with van der Waals surface area (Å²) in [5, 5.41) is 6.84. The molecule has 0 saturated heterocycles. The molecule has 1 saturated carbocycles. The number of anilines is 1. The van der Waals surface area contributed by atoms with Crippen molar-refractivity contribution in [1.29, 1.82) is 0 Å². The van der Waals surface area contributed by atoms with E-state index in [1.807, 2.05) is 85.8 Å². The van der Waals surface area contributed by atoms with Crippen LogP contribution in [-0.2, 0) is 19.7 Å². The molecule has 3 N–H and O–H groups in total. The molecule has 1 amide bonds. The van der Waals surface area contributed by atoms with Gasteiger partial charge in [0.05, 0.1) is 5.41 Å². The number of carbonyl (C=O) groups is 2. The zero-order valence-corrected chi connectivity index (χ0v) is 22.0. The molecule has 1 aliphatic carbocycles. The standard InChI is InChI=1S/C31H31N3O5/c1-20-27(33-30(36)38-21(2)22-6-4-3-5-7-22)28(39-34-20)25-10-8-23(9-11-25)24-12-14-26(15-13-24)31(16-17-31)29(35)37-19-18-32/h3-15,21H,16-19,32H2,1-2H3,(H,33,36). The van der Waals surface area contributed by atoms with Gasteiger partial charge >= 0.3 is 12.1 Å². The summed E-state index contributed by atoms with van der Waals surface area (Å²) in [6.07, 6.45) is 0.578. The number of esters is 1. The number of carbonyl (C=O) groups excluding carboxylic acids is 2. The molecule has 1 aliphatic rings.